The van der Waals surface area contributed by atoms with Crippen molar-refractivity contribution in [2.24, 2.45) is 0 Å². The first-order valence-electron chi connectivity index (χ1n) is 8.99. The summed E-state index contributed by atoms with van der Waals surface area (Å²) in [6.07, 6.45) is 5.04. The molecule has 2 aromatic rings. The largest absolute Gasteiger partial charge is 0.355 e. The van der Waals surface area contributed by atoms with Crippen LogP contribution in [0.25, 0.3) is 0 Å². The highest BCUT2D eigenvalue weighted by atomic mass is 16.1. The Labute approximate surface area is 149 Å². The number of nitrogens with zero attached hydrogens (tertiary/aromatic N) is 3. The lowest BCUT2D eigenvalue weighted by Gasteiger charge is -2.36. The number of carbonyl (C=O) groups excluding carboxylic acids is 1. The van der Waals surface area contributed by atoms with Gasteiger partial charge in [0.05, 0.1) is 6.54 Å². The monoisotopic (exact) mass is 341 g/mol. The molecule has 134 valence electrons. The van der Waals surface area contributed by atoms with Crippen molar-refractivity contribution in [3.05, 3.63) is 53.6 Å². The predicted octanol–water partition coefficient (Wildman–Crippen LogP) is 1.80. The number of carbonyl (C=O) groups is 1. The van der Waals surface area contributed by atoms with Gasteiger partial charge in [0.25, 0.3) is 5.91 Å². The maximum absolute atomic E-state index is 11.9. The average molecular weight is 341 g/mol. The molecule has 1 saturated heterocycles. The van der Waals surface area contributed by atoms with Gasteiger partial charge in [-0.1, -0.05) is 19.1 Å². The Balaban J connectivity index is 1.81. The van der Waals surface area contributed by atoms with E-state index in [1.54, 1.807) is 7.05 Å². The first-order valence-corrected chi connectivity index (χ1v) is 8.99. The van der Waals surface area contributed by atoms with Crippen LogP contribution in [-0.2, 0) is 13.1 Å². The molecule has 1 aromatic carbocycles. The van der Waals surface area contributed by atoms with Crippen molar-refractivity contribution in [2.45, 2.75) is 32.5 Å². The normalized spacial score (nSPS) is 18.2. The Morgan fingerprint density at radius 3 is 3.12 bits per heavy atom. The fraction of sp³-hybridized carbons (Fsp3) is 0.474. The van der Waals surface area contributed by atoms with Gasteiger partial charge in [-0.25, -0.2) is 4.98 Å². The Kier molecular flexibility index (Phi) is 5.83. The number of rotatable bonds is 6. The molecule has 2 N–H and O–H groups in total. The number of aryl methyl sites for hydroxylation is 1. The molecule has 1 aliphatic rings. The molecule has 1 fully saturated rings. The van der Waals surface area contributed by atoms with Crippen LogP contribution in [0, 0.1) is 0 Å². The smallest absolute Gasteiger partial charge is 0.251 e. The van der Waals surface area contributed by atoms with E-state index in [0.29, 0.717) is 5.56 Å². The zero-order chi connectivity index (χ0) is 17.6. The molecule has 6 heteroatoms. The molecule has 0 spiro atoms. The summed E-state index contributed by atoms with van der Waals surface area (Å²) < 4.78 is 2.24. The number of amides is 1. The molecule has 25 heavy (non-hydrogen) atoms. The van der Waals surface area contributed by atoms with E-state index in [9.17, 15) is 4.79 Å². The second kappa shape index (κ2) is 8.27. The van der Waals surface area contributed by atoms with Crippen LogP contribution in [0.5, 0.6) is 0 Å². The standard InChI is InChI=1S/C19H27N5O/c1-3-9-23-11-8-22-18(23)14-24-10-7-21-13-17(24)15-5-4-6-16(12-15)19(25)20-2/h4-6,8,11-12,17,21H,3,7,9-10,13-14H2,1-2H3,(H,20,25). The summed E-state index contributed by atoms with van der Waals surface area (Å²) in [4.78, 5) is 19.0. The van der Waals surface area contributed by atoms with E-state index in [4.69, 9.17) is 0 Å². The number of hydrogen-bond acceptors (Lipinski definition) is 4. The van der Waals surface area contributed by atoms with Gasteiger partial charge >= 0.3 is 0 Å². The fourth-order valence-electron chi connectivity index (χ4n) is 3.41. The topological polar surface area (TPSA) is 62.2 Å². The van der Waals surface area contributed by atoms with Gasteiger partial charge in [-0.05, 0) is 24.1 Å². The molecule has 1 amide bonds. The molecule has 1 aromatic heterocycles. The molecule has 6 nitrogen and oxygen atoms in total. The van der Waals surface area contributed by atoms with Crippen molar-refractivity contribution >= 4 is 5.91 Å². The van der Waals surface area contributed by atoms with Crippen molar-refractivity contribution in [2.75, 3.05) is 26.7 Å². The Hall–Kier alpha value is -2.18. The van der Waals surface area contributed by atoms with Gasteiger partial charge in [-0.15, -0.1) is 0 Å². The molecule has 0 bridgehead atoms. The van der Waals surface area contributed by atoms with E-state index in [-0.39, 0.29) is 11.9 Å². The molecular weight excluding hydrogens is 314 g/mol. The predicted molar refractivity (Wildman–Crippen MR) is 98.4 cm³/mol. The summed E-state index contributed by atoms with van der Waals surface area (Å²) in [6, 6.07) is 8.17. The quantitative estimate of drug-likeness (QED) is 0.841. The summed E-state index contributed by atoms with van der Waals surface area (Å²) in [5.74, 6) is 1.06. The van der Waals surface area contributed by atoms with Crippen molar-refractivity contribution in [1.29, 1.82) is 0 Å². The second-order valence-electron chi connectivity index (χ2n) is 6.43. The number of benzene rings is 1. The van der Waals surface area contributed by atoms with Crippen LogP contribution in [0.2, 0.25) is 0 Å². The maximum Gasteiger partial charge on any atom is 0.251 e. The minimum atomic E-state index is -0.0457. The third kappa shape index (κ3) is 4.08. The van der Waals surface area contributed by atoms with Crippen LogP contribution >= 0.6 is 0 Å². The number of aromatic nitrogens is 2. The number of nitrogens with one attached hydrogen (secondary N) is 2. The molecule has 0 aliphatic carbocycles. The Morgan fingerprint density at radius 2 is 2.32 bits per heavy atom. The van der Waals surface area contributed by atoms with Gasteiger partial charge in [-0.2, -0.15) is 0 Å². The zero-order valence-corrected chi connectivity index (χ0v) is 15.0. The van der Waals surface area contributed by atoms with Crippen molar-refractivity contribution in [1.82, 2.24) is 25.1 Å². The van der Waals surface area contributed by atoms with Gasteiger partial charge in [0.15, 0.2) is 0 Å². The second-order valence-corrected chi connectivity index (χ2v) is 6.43. The highest BCUT2D eigenvalue weighted by Crippen LogP contribution is 2.24. The molecular formula is C19H27N5O. The number of imidazole rings is 1. The SMILES string of the molecule is CCCn1ccnc1CN1CCNCC1c1cccc(C(=O)NC)c1. The lowest BCUT2D eigenvalue weighted by atomic mass is 10.0. The molecule has 1 unspecified atom stereocenters. The number of hydrogen-bond donors (Lipinski definition) is 2. The molecule has 1 atom stereocenters. The van der Waals surface area contributed by atoms with E-state index in [2.05, 4.69) is 44.3 Å². The van der Waals surface area contributed by atoms with Crippen molar-refractivity contribution in [3.63, 3.8) is 0 Å². The summed E-state index contributed by atoms with van der Waals surface area (Å²) in [5, 5.41) is 6.17. The highest BCUT2D eigenvalue weighted by Gasteiger charge is 2.25. The highest BCUT2D eigenvalue weighted by molar-refractivity contribution is 5.94. The molecule has 2 heterocycles. The first kappa shape index (κ1) is 17.6. The summed E-state index contributed by atoms with van der Waals surface area (Å²) in [5.41, 5.74) is 1.87. The van der Waals surface area contributed by atoms with Crippen molar-refractivity contribution < 1.29 is 4.79 Å². The van der Waals surface area contributed by atoms with E-state index < -0.39 is 0 Å². The molecule has 3 rings (SSSR count). The average Bonchev–Trinajstić information content (AvgIpc) is 3.09. The van der Waals surface area contributed by atoms with Crippen LogP contribution in [0.15, 0.2) is 36.7 Å². The van der Waals surface area contributed by atoms with Crippen LogP contribution in [-0.4, -0.2) is 47.0 Å². The minimum Gasteiger partial charge on any atom is -0.355 e. The van der Waals surface area contributed by atoms with Crippen LogP contribution < -0.4 is 10.6 Å². The fourth-order valence-corrected chi connectivity index (χ4v) is 3.41. The zero-order valence-electron chi connectivity index (χ0n) is 15.0. The van der Waals surface area contributed by atoms with Gasteiger partial charge in [0.2, 0.25) is 0 Å². The third-order valence-corrected chi connectivity index (χ3v) is 4.73. The molecule has 1 aliphatic heterocycles. The summed E-state index contributed by atoms with van der Waals surface area (Å²) >= 11 is 0. The van der Waals surface area contributed by atoms with Crippen LogP contribution in [0.3, 0.4) is 0 Å². The maximum atomic E-state index is 11.9. The first-order chi connectivity index (χ1) is 12.2. The van der Waals surface area contributed by atoms with Gasteiger partial charge < -0.3 is 15.2 Å². The third-order valence-electron chi connectivity index (χ3n) is 4.73. The summed E-state index contributed by atoms with van der Waals surface area (Å²) in [6.45, 7) is 6.82. The van der Waals surface area contributed by atoms with E-state index in [1.807, 2.05) is 24.4 Å². The van der Waals surface area contributed by atoms with Gasteiger partial charge in [0, 0.05) is 57.2 Å². The van der Waals surface area contributed by atoms with Gasteiger partial charge in [-0.3, -0.25) is 9.69 Å². The lowest BCUT2D eigenvalue weighted by Crippen LogP contribution is -2.45. The van der Waals surface area contributed by atoms with Gasteiger partial charge in [0.1, 0.15) is 5.82 Å². The van der Waals surface area contributed by atoms with Crippen LogP contribution in [0.1, 0.15) is 41.1 Å². The minimum absolute atomic E-state index is 0.0457. The Morgan fingerprint density at radius 1 is 1.44 bits per heavy atom. The molecule has 0 saturated carbocycles. The molecule has 0 radical (unpaired) electrons. The summed E-state index contributed by atoms with van der Waals surface area (Å²) in [7, 11) is 1.66. The van der Waals surface area contributed by atoms with E-state index in [1.165, 1.54) is 5.56 Å². The van der Waals surface area contributed by atoms with Crippen LogP contribution in [0.4, 0.5) is 0 Å². The Bertz CT molecular complexity index is 711. The van der Waals surface area contributed by atoms with E-state index >= 15 is 0 Å². The number of piperazine rings is 1. The van der Waals surface area contributed by atoms with E-state index in [0.717, 1.165) is 45.0 Å². The lowest BCUT2D eigenvalue weighted by molar-refractivity contribution is 0.0962. The van der Waals surface area contributed by atoms with Crippen molar-refractivity contribution in [3.8, 4) is 0 Å².